The molecule has 1 unspecified atom stereocenters. The van der Waals surface area contributed by atoms with Crippen molar-refractivity contribution in [2.24, 2.45) is 5.73 Å². The Balaban J connectivity index is 2.58. The molecule has 0 amide bonds. The first-order valence-corrected chi connectivity index (χ1v) is 4.91. The highest BCUT2D eigenvalue weighted by molar-refractivity contribution is 6.58. The second-order valence-electron chi connectivity index (χ2n) is 3.68. The van der Waals surface area contributed by atoms with Crippen molar-refractivity contribution in [3.05, 3.63) is 29.8 Å². The molecule has 0 radical (unpaired) electrons. The summed E-state index contributed by atoms with van der Waals surface area (Å²) < 4.78 is 0. The SMILES string of the molecule is NC(CC(=O)O)Cc1ccc(B(O)O)cc1. The molecule has 0 saturated carbocycles. The van der Waals surface area contributed by atoms with Crippen LogP contribution in [0, 0.1) is 0 Å². The van der Waals surface area contributed by atoms with Gasteiger partial charge in [-0.25, -0.2) is 0 Å². The molecule has 0 aromatic heterocycles. The normalized spacial score (nSPS) is 12.2. The highest BCUT2D eigenvalue weighted by atomic mass is 16.4. The van der Waals surface area contributed by atoms with E-state index in [1.165, 1.54) is 0 Å². The number of hydrogen-bond donors (Lipinski definition) is 4. The Kier molecular flexibility index (Phi) is 4.48. The lowest BCUT2D eigenvalue weighted by molar-refractivity contribution is -0.137. The lowest BCUT2D eigenvalue weighted by atomic mass is 9.80. The number of nitrogens with two attached hydrogens (primary N) is 1. The van der Waals surface area contributed by atoms with E-state index in [2.05, 4.69) is 0 Å². The van der Waals surface area contributed by atoms with Crippen LogP contribution in [-0.2, 0) is 11.2 Å². The molecule has 1 rings (SSSR count). The van der Waals surface area contributed by atoms with Gasteiger partial charge in [-0.2, -0.15) is 0 Å². The maximum Gasteiger partial charge on any atom is 0.488 e. The fourth-order valence-electron chi connectivity index (χ4n) is 1.43. The van der Waals surface area contributed by atoms with Crippen LogP contribution in [0.3, 0.4) is 0 Å². The van der Waals surface area contributed by atoms with Crippen LogP contribution in [0.1, 0.15) is 12.0 Å². The summed E-state index contributed by atoms with van der Waals surface area (Å²) in [5, 5.41) is 26.3. The number of carboxylic acid groups (broad SMARTS) is 1. The Morgan fingerprint density at radius 2 is 1.88 bits per heavy atom. The van der Waals surface area contributed by atoms with Crippen LogP contribution in [0.15, 0.2) is 24.3 Å². The van der Waals surface area contributed by atoms with Crippen LogP contribution < -0.4 is 11.2 Å². The molecule has 0 aliphatic carbocycles. The minimum absolute atomic E-state index is 0.0790. The third-order valence-corrected chi connectivity index (χ3v) is 2.21. The van der Waals surface area contributed by atoms with Gasteiger partial charge in [-0.15, -0.1) is 0 Å². The van der Waals surface area contributed by atoms with Crippen LogP contribution in [0.4, 0.5) is 0 Å². The summed E-state index contributed by atoms with van der Waals surface area (Å²) in [6, 6.07) is 6.14. The molecule has 6 heteroatoms. The van der Waals surface area contributed by atoms with Crippen LogP contribution >= 0.6 is 0 Å². The molecular weight excluding hydrogens is 209 g/mol. The van der Waals surface area contributed by atoms with E-state index in [1.54, 1.807) is 24.3 Å². The second-order valence-corrected chi connectivity index (χ2v) is 3.68. The molecule has 0 fully saturated rings. The van der Waals surface area contributed by atoms with E-state index in [0.717, 1.165) is 5.56 Å². The van der Waals surface area contributed by atoms with Crippen LogP contribution in [0.25, 0.3) is 0 Å². The molecule has 0 heterocycles. The van der Waals surface area contributed by atoms with Gasteiger partial charge in [-0.05, 0) is 17.4 Å². The van der Waals surface area contributed by atoms with Gasteiger partial charge in [0, 0.05) is 6.04 Å². The fourth-order valence-corrected chi connectivity index (χ4v) is 1.43. The number of aliphatic carboxylic acids is 1. The van der Waals surface area contributed by atoms with Crippen molar-refractivity contribution in [3.8, 4) is 0 Å². The maximum absolute atomic E-state index is 10.4. The van der Waals surface area contributed by atoms with E-state index in [0.29, 0.717) is 11.9 Å². The van der Waals surface area contributed by atoms with Gasteiger partial charge in [0.1, 0.15) is 0 Å². The smallest absolute Gasteiger partial charge is 0.481 e. The zero-order valence-electron chi connectivity index (χ0n) is 8.71. The van der Waals surface area contributed by atoms with Gasteiger partial charge in [0.25, 0.3) is 0 Å². The Morgan fingerprint density at radius 1 is 1.31 bits per heavy atom. The van der Waals surface area contributed by atoms with Crippen molar-refractivity contribution < 1.29 is 19.9 Å². The first-order valence-electron chi connectivity index (χ1n) is 4.91. The van der Waals surface area contributed by atoms with E-state index in [-0.39, 0.29) is 6.42 Å². The summed E-state index contributed by atoms with van der Waals surface area (Å²) in [7, 11) is -1.48. The third-order valence-electron chi connectivity index (χ3n) is 2.21. The van der Waals surface area contributed by atoms with Gasteiger partial charge in [0.2, 0.25) is 0 Å². The summed E-state index contributed by atoms with van der Waals surface area (Å²) in [6.07, 6.45) is 0.373. The summed E-state index contributed by atoms with van der Waals surface area (Å²) in [4.78, 5) is 10.4. The Bertz CT molecular complexity index is 352. The van der Waals surface area contributed by atoms with E-state index < -0.39 is 19.1 Å². The van der Waals surface area contributed by atoms with E-state index >= 15 is 0 Å². The van der Waals surface area contributed by atoms with Crippen molar-refractivity contribution in [2.75, 3.05) is 0 Å². The van der Waals surface area contributed by atoms with Gasteiger partial charge in [-0.1, -0.05) is 24.3 Å². The second kappa shape index (κ2) is 5.65. The minimum atomic E-state index is -1.48. The van der Waals surface area contributed by atoms with Gasteiger partial charge < -0.3 is 20.9 Å². The monoisotopic (exact) mass is 223 g/mol. The molecule has 1 aromatic rings. The van der Waals surface area contributed by atoms with Crippen molar-refractivity contribution in [1.82, 2.24) is 0 Å². The van der Waals surface area contributed by atoms with E-state index in [4.69, 9.17) is 20.9 Å². The van der Waals surface area contributed by atoms with Crippen molar-refractivity contribution >= 4 is 18.6 Å². The zero-order valence-corrected chi connectivity index (χ0v) is 8.71. The summed E-state index contributed by atoms with van der Waals surface area (Å²) in [5.74, 6) is -0.921. The Morgan fingerprint density at radius 3 is 2.31 bits per heavy atom. The molecule has 0 aliphatic rings. The first kappa shape index (κ1) is 12.7. The number of benzene rings is 1. The van der Waals surface area contributed by atoms with Crippen LogP contribution in [-0.4, -0.2) is 34.3 Å². The molecule has 16 heavy (non-hydrogen) atoms. The molecular formula is C10H14BNO4. The van der Waals surface area contributed by atoms with Crippen molar-refractivity contribution in [1.29, 1.82) is 0 Å². The summed E-state index contributed by atoms with van der Waals surface area (Å²) >= 11 is 0. The molecule has 0 saturated heterocycles. The van der Waals surface area contributed by atoms with E-state index in [1.807, 2.05) is 0 Å². The minimum Gasteiger partial charge on any atom is -0.481 e. The number of carboxylic acids is 1. The lowest BCUT2D eigenvalue weighted by Crippen LogP contribution is -2.30. The van der Waals surface area contributed by atoms with Gasteiger partial charge >= 0.3 is 13.1 Å². The van der Waals surface area contributed by atoms with Crippen molar-refractivity contribution in [2.45, 2.75) is 18.9 Å². The predicted molar refractivity (Wildman–Crippen MR) is 60.2 cm³/mol. The van der Waals surface area contributed by atoms with Gasteiger partial charge in [0.15, 0.2) is 0 Å². The molecule has 5 nitrogen and oxygen atoms in total. The number of carbonyl (C=O) groups is 1. The van der Waals surface area contributed by atoms with E-state index in [9.17, 15) is 4.79 Å². The number of hydrogen-bond acceptors (Lipinski definition) is 4. The number of rotatable bonds is 5. The molecule has 1 aromatic carbocycles. The van der Waals surface area contributed by atoms with Crippen molar-refractivity contribution in [3.63, 3.8) is 0 Å². The quantitative estimate of drug-likeness (QED) is 0.465. The molecule has 0 aliphatic heterocycles. The fraction of sp³-hybridized carbons (Fsp3) is 0.300. The van der Waals surface area contributed by atoms with Crippen LogP contribution in [0.2, 0.25) is 0 Å². The Hall–Kier alpha value is -1.37. The zero-order chi connectivity index (χ0) is 12.1. The molecule has 86 valence electrons. The average molecular weight is 223 g/mol. The molecule has 0 bridgehead atoms. The standard InChI is InChI=1S/C10H14BNO4/c12-9(6-10(13)14)5-7-1-3-8(4-2-7)11(15)16/h1-4,9,15-16H,5-6,12H2,(H,13,14). The van der Waals surface area contributed by atoms with Gasteiger partial charge in [0.05, 0.1) is 6.42 Å². The summed E-state index contributed by atoms with van der Waals surface area (Å²) in [6.45, 7) is 0. The topological polar surface area (TPSA) is 104 Å². The van der Waals surface area contributed by atoms with Crippen LogP contribution in [0.5, 0.6) is 0 Å². The third kappa shape index (κ3) is 4.02. The lowest BCUT2D eigenvalue weighted by Gasteiger charge is -2.09. The predicted octanol–water partition coefficient (Wildman–Crippen LogP) is -1.29. The molecule has 5 N–H and O–H groups in total. The average Bonchev–Trinajstić information content (AvgIpc) is 2.16. The Labute approximate surface area is 93.7 Å². The van der Waals surface area contributed by atoms with Gasteiger partial charge in [-0.3, -0.25) is 4.79 Å². The largest absolute Gasteiger partial charge is 0.488 e. The molecule has 1 atom stereocenters. The maximum atomic E-state index is 10.4. The highest BCUT2D eigenvalue weighted by Gasteiger charge is 2.12. The summed E-state index contributed by atoms with van der Waals surface area (Å²) in [5.41, 5.74) is 6.90. The highest BCUT2D eigenvalue weighted by Crippen LogP contribution is 2.03. The molecule has 0 spiro atoms. The first-order chi connectivity index (χ1) is 7.49.